The van der Waals surface area contributed by atoms with E-state index in [0.29, 0.717) is 6.04 Å². The average molecular weight is 311 g/mol. The molecule has 1 aromatic rings. The minimum Gasteiger partial charge on any atom is -0.367 e. The summed E-state index contributed by atoms with van der Waals surface area (Å²) in [5.74, 6) is 1.16. The Balaban J connectivity index is 1.50. The second-order valence-corrected chi connectivity index (χ2v) is 7.38. The van der Waals surface area contributed by atoms with Gasteiger partial charge in [0.05, 0.1) is 5.35 Å². The van der Waals surface area contributed by atoms with Gasteiger partial charge in [-0.1, -0.05) is 6.08 Å². The SMILES string of the molecule is C1=c2nc(NC3CC3)c3c(c2=CCC1ON1CCCC1)CCC3. The van der Waals surface area contributed by atoms with Crippen LogP contribution in [0.15, 0.2) is 0 Å². The summed E-state index contributed by atoms with van der Waals surface area (Å²) in [5.41, 5.74) is 3.04. The van der Waals surface area contributed by atoms with Crippen molar-refractivity contribution in [3.63, 3.8) is 0 Å². The summed E-state index contributed by atoms with van der Waals surface area (Å²) in [6.07, 6.45) is 14.5. The molecule has 2 heterocycles. The van der Waals surface area contributed by atoms with Crippen LogP contribution in [-0.4, -0.2) is 35.3 Å². The second-order valence-electron chi connectivity index (χ2n) is 7.38. The van der Waals surface area contributed by atoms with Crippen LogP contribution in [0.25, 0.3) is 12.2 Å². The largest absolute Gasteiger partial charge is 0.367 e. The van der Waals surface area contributed by atoms with Crippen LogP contribution in [0.1, 0.15) is 49.7 Å². The van der Waals surface area contributed by atoms with Crippen LogP contribution >= 0.6 is 0 Å². The summed E-state index contributed by atoms with van der Waals surface area (Å²) in [6, 6.07) is 0.662. The van der Waals surface area contributed by atoms with Gasteiger partial charge in [-0.15, -0.1) is 0 Å². The first-order valence-corrected chi connectivity index (χ1v) is 9.29. The highest BCUT2D eigenvalue weighted by Crippen LogP contribution is 2.29. The minimum atomic E-state index is 0.154. The van der Waals surface area contributed by atoms with Gasteiger partial charge in [-0.05, 0) is 73.8 Å². The number of anilines is 1. The minimum absolute atomic E-state index is 0.154. The quantitative estimate of drug-likeness (QED) is 0.914. The maximum Gasteiger partial charge on any atom is 0.130 e. The lowest BCUT2D eigenvalue weighted by atomic mass is 10.0. The van der Waals surface area contributed by atoms with Gasteiger partial charge in [0.15, 0.2) is 0 Å². The third-order valence-corrected chi connectivity index (χ3v) is 5.50. The second kappa shape index (κ2) is 5.60. The molecule has 0 aromatic carbocycles. The summed E-state index contributed by atoms with van der Waals surface area (Å²) < 4.78 is 0. The summed E-state index contributed by atoms with van der Waals surface area (Å²) in [4.78, 5) is 11.1. The highest BCUT2D eigenvalue weighted by atomic mass is 16.7. The lowest BCUT2D eigenvalue weighted by Gasteiger charge is -2.22. The zero-order valence-electron chi connectivity index (χ0n) is 13.7. The van der Waals surface area contributed by atoms with Gasteiger partial charge in [0.1, 0.15) is 11.9 Å². The van der Waals surface area contributed by atoms with Gasteiger partial charge in [-0.25, -0.2) is 4.98 Å². The molecule has 5 rings (SSSR count). The van der Waals surface area contributed by atoms with Crippen molar-refractivity contribution in [3.8, 4) is 0 Å². The van der Waals surface area contributed by atoms with E-state index in [1.54, 1.807) is 5.56 Å². The maximum atomic E-state index is 6.15. The van der Waals surface area contributed by atoms with Crippen LogP contribution in [0, 0.1) is 0 Å². The van der Waals surface area contributed by atoms with Gasteiger partial charge in [-0.3, -0.25) is 4.84 Å². The zero-order chi connectivity index (χ0) is 15.2. The molecule has 3 aliphatic carbocycles. The molecule has 1 N–H and O–H groups in total. The molecule has 23 heavy (non-hydrogen) atoms. The Hall–Kier alpha value is -1.39. The third-order valence-electron chi connectivity index (χ3n) is 5.50. The van der Waals surface area contributed by atoms with Crippen molar-refractivity contribution < 1.29 is 4.84 Å². The van der Waals surface area contributed by atoms with Gasteiger partial charge >= 0.3 is 0 Å². The van der Waals surface area contributed by atoms with Crippen molar-refractivity contribution in [2.75, 3.05) is 18.4 Å². The highest BCUT2D eigenvalue weighted by molar-refractivity contribution is 5.56. The summed E-state index contributed by atoms with van der Waals surface area (Å²) >= 11 is 0. The molecule has 1 saturated carbocycles. The number of fused-ring (bicyclic) bond motifs is 3. The number of pyridine rings is 1. The van der Waals surface area contributed by atoms with Gasteiger partial charge in [-0.2, -0.15) is 5.06 Å². The van der Waals surface area contributed by atoms with Gasteiger partial charge in [0.25, 0.3) is 0 Å². The Morgan fingerprint density at radius 3 is 2.74 bits per heavy atom. The number of hydrogen-bond donors (Lipinski definition) is 1. The van der Waals surface area contributed by atoms with Crippen LogP contribution in [-0.2, 0) is 17.7 Å². The Morgan fingerprint density at radius 2 is 1.91 bits per heavy atom. The van der Waals surface area contributed by atoms with E-state index in [4.69, 9.17) is 9.82 Å². The van der Waals surface area contributed by atoms with Crippen molar-refractivity contribution >= 4 is 18.0 Å². The molecule has 1 saturated heterocycles. The van der Waals surface area contributed by atoms with Gasteiger partial charge in [0, 0.05) is 19.1 Å². The molecule has 1 atom stereocenters. The maximum absolute atomic E-state index is 6.15. The first-order chi connectivity index (χ1) is 11.4. The molecular formula is C19H25N3O. The number of aromatic nitrogens is 1. The van der Waals surface area contributed by atoms with Gasteiger partial charge in [0.2, 0.25) is 0 Å². The Morgan fingerprint density at radius 1 is 1.09 bits per heavy atom. The Kier molecular flexibility index (Phi) is 3.41. The fraction of sp³-hybridized carbons (Fsp3) is 0.632. The molecule has 4 nitrogen and oxygen atoms in total. The van der Waals surface area contributed by atoms with Crippen LogP contribution in [0.2, 0.25) is 0 Å². The van der Waals surface area contributed by atoms with Gasteiger partial charge < -0.3 is 5.32 Å². The lowest BCUT2D eigenvalue weighted by Crippen LogP contribution is -2.39. The molecule has 1 aromatic heterocycles. The number of hydrogen-bond acceptors (Lipinski definition) is 4. The Labute approximate surface area is 137 Å². The summed E-state index contributed by atoms with van der Waals surface area (Å²) in [7, 11) is 0. The van der Waals surface area contributed by atoms with E-state index in [2.05, 4.69) is 22.5 Å². The molecule has 1 aliphatic heterocycles. The zero-order valence-corrected chi connectivity index (χ0v) is 13.7. The van der Waals surface area contributed by atoms with E-state index >= 15 is 0 Å². The molecule has 0 bridgehead atoms. The molecule has 0 radical (unpaired) electrons. The predicted octanol–water partition coefficient (Wildman–Crippen LogP) is 1.51. The monoisotopic (exact) mass is 311 g/mol. The fourth-order valence-corrected chi connectivity index (χ4v) is 4.14. The van der Waals surface area contributed by atoms with E-state index in [1.165, 1.54) is 55.7 Å². The standard InChI is InChI=1S/C19H25N3O/c1-2-11-22(10-1)23-14-8-9-16-15-4-3-5-17(15)19(20-13-6-7-13)21-18(16)12-14/h9,12-14H,1-8,10-11H2,(H,20,21). The van der Waals surface area contributed by atoms with E-state index < -0.39 is 0 Å². The van der Waals surface area contributed by atoms with E-state index in [-0.39, 0.29) is 6.10 Å². The number of nitrogens with one attached hydrogen (secondary N) is 1. The van der Waals surface area contributed by atoms with E-state index in [1.807, 2.05) is 0 Å². The number of nitrogens with zero attached hydrogens (tertiary/aromatic N) is 2. The normalized spacial score (nSPS) is 26.3. The molecule has 122 valence electrons. The first-order valence-electron chi connectivity index (χ1n) is 9.29. The molecule has 1 unspecified atom stereocenters. The van der Waals surface area contributed by atoms with Crippen molar-refractivity contribution in [1.29, 1.82) is 0 Å². The van der Waals surface area contributed by atoms with Crippen molar-refractivity contribution in [3.05, 3.63) is 21.7 Å². The van der Waals surface area contributed by atoms with Crippen LogP contribution in [0.3, 0.4) is 0 Å². The van der Waals surface area contributed by atoms with Crippen molar-refractivity contribution in [2.24, 2.45) is 0 Å². The van der Waals surface area contributed by atoms with Crippen LogP contribution < -0.4 is 15.9 Å². The Bertz CT molecular complexity index is 732. The molecule has 4 heteroatoms. The van der Waals surface area contributed by atoms with Crippen LogP contribution in [0.4, 0.5) is 5.82 Å². The van der Waals surface area contributed by atoms with E-state index in [0.717, 1.165) is 30.7 Å². The van der Waals surface area contributed by atoms with Crippen LogP contribution in [0.5, 0.6) is 0 Å². The molecule has 4 aliphatic rings. The van der Waals surface area contributed by atoms with Crippen molar-refractivity contribution in [2.45, 2.75) is 63.5 Å². The lowest BCUT2D eigenvalue weighted by molar-refractivity contribution is -0.162. The smallest absolute Gasteiger partial charge is 0.130 e. The highest BCUT2D eigenvalue weighted by Gasteiger charge is 2.26. The molecular weight excluding hydrogens is 286 g/mol. The first kappa shape index (κ1) is 14.0. The predicted molar refractivity (Wildman–Crippen MR) is 91.4 cm³/mol. The topological polar surface area (TPSA) is 37.4 Å². The summed E-state index contributed by atoms with van der Waals surface area (Å²) in [6.45, 7) is 2.15. The fourth-order valence-electron chi connectivity index (χ4n) is 4.14. The summed E-state index contributed by atoms with van der Waals surface area (Å²) in [5, 5.41) is 8.33. The number of hydroxylamine groups is 2. The molecule has 0 spiro atoms. The average Bonchev–Trinajstić information content (AvgIpc) is 3.03. The molecule has 2 fully saturated rings. The van der Waals surface area contributed by atoms with E-state index in [9.17, 15) is 0 Å². The molecule has 0 amide bonds. The third kappa shape index (κ3) is 2.68. The number of rotatable bonds is 4. The van der Waals surface area contributed by atoms with Crippen molar-refractivity contribution in [1.82, 2.24) is 10.0 Å².